The van der Waals surface area contributed by atoms with Gasteiger partial charge in [-0.05, 0) is 124 Å². The van der Waals surface area contributed by atoms with Gasteiger partial charge in [-0.3, -0.25) is 30.8 Å². The van der Waals surface area contributed by atoms with Crippen molar-refractivity contribution in [2.24, 2.45) is 4.99 Å². The number of benzene rings is 3. The number of carbonyl (C=O) groups is 5. The van der Waals surface area contributed by atoms with Gasteiger partial charge in [0.05, 0.1) is 33.1 Å². The summed E-state index contributed by atoms with van der Waals surface area (Å²) in [6.45, 7) is 14.5. The highest BCUT2D eigenvalue weighted by Crippen LogP contribution is 2.42. The van der Waals surface area contributed by atoms with Gasteiger partial charge < -0.3 is 40.2 Å². The number of unbranched alkanes of at least 4 members (excludes halogenated alkanes) is 1. The van der Waals surface area contributed by atoms with E-state index in [1.54, 1.807) is 62.3 Å². The third-order valence-electron chi connectivity index (χ3n) is 8.07. The fraction of sp³-hybridized carbons (Fsp3) is 0.455. The molecule has 0 aromatic heterocycles. The lowest BCUT2D eigenvalue weighted by Crippen LogP contribution is -2.47. The van der Waals surface area contributed by atoms with E-state index < -0.39 is 92.9 Å². The Balaban J connectivity index is 1.84. The molecule has 6 amide bonds. The van der Waals surface area contributed by atoms with Gasteiger partial charge in [-0.25, -0.2) is 19.2 Å². The lowest BCUT2D eigenvalue weighted by atomic mass is 10.1. The van der Waals surface area contributed by atoms with E-state index in [4.69, 9.17) is 18.9 Å². The van der Waals surface area contributed by atoms with Crippen molar-refractivity contribution in [3.05, 3.63) is 65.7 Å². The van der Waals surface area contributed by atoms with Gasteiger partial charge in [0.15, 0.2) is 0 Å². The average molecular weight is 1020 g/mol. The molecule has 3 aromatic rings. The predicted molar refractivity (Wildman–Crippen MR) is 247 cm³/mol. The topological polar surface area (TPSA) is 251 Å². The second-order valence-corrected chi connectivity index (χ2v) is 19.0. The van der Waals surface area contributed by atoms with Crippen LogP contribution in [0, 0.1) is 0 Å². The van der Waals surface area contributed by atoms with Crippen molar-refractivity contribution >= 4 is 70.7 Å². The highest BCUT2D eigenvalue weighted by atomic mass is 32.2. The monoisotopic (exact) mass is 1020 g/mol. The van der Waals surface area contributed by atoms with Crippen LogP contribution in [-0.2, 0) is 31.4 Å². The number of thioether (sulfide) groups is 1. The molecule has 0 aliphatic carbocycles. The molecule has 0 aliphatic heterocycles. The van der Waals surface area contributed by atoms with Crippen molar-refractivity contribution in [2.75, 3.05) is 40.0 Å². The number of hydrogen-bond donors (Lipinski definition) is 8. The molecule has 70 heavy (non-hydrogen) atoms. The van der Waals surface area contributed by atoms with E-state index in [1.165, 1.54) is 24.3 Å². The van der Waals surface area contributed by atoms with Gasteiger partial charge in [-0.15, -0.1) is 17.0 Å². The smallest absolute Gasteiger partial charge is 0.416 e. The fourth-order valence-electron chi connectivity index (χ4n) is 5.41. The zero-order valence-corrected chi connectivity index (χ0v) is 40.4. The number of rotatable bonds is 15. The molecular weight excluding hydrogens is 963 g/mol. The Hall–Kier alpha value is -6.67. The Morgan fingerprint density at radius 3 is 1.67 bits per heavy atom. The van der Waals surface area contributed by atoms with Gasteiger partial charge in [0.1, 0.15) is 28.3 Å². The maximum atomic E-state index is 14.4. The third kappa shape index (κ3) is 21.7. The summed E-state index contributed by atoms with van der Waals surface area (Å²) in [5, 5.41) is 32.5. The molecule has 3 rings (SSSR count). The molecule has 0 aliphatic rings. The van der Waals surface area contributed by atoms with Gasteiger partial charge in [-0.1, -0.05) is 0 Å². The summed E-state index contributed by atoms with van der Waals surface area (Å²) in [6.07, 6.45) is -12.4. The summed E-state index contributed by atoms with van der Waals surface area (Å²) < 4.78 is 104. The zero-order valence-electron chi connectivity index (χ0n) is 39.6. The third-order valence-corrected chi connectivity index (χ3v) is 9.21. The number of halogens is 6. The van der Waals surface area contributed by atoms with Gasteiger partial charge in [0.25, 0.3) is 0 Å². The minimum atomic E-state index is -4.98. The van der Waals surface area contributed by atoms with Crippen LogP contribution in [0.5, 0.6) is 11.5 Å². The molecular formula is C44H56F6N8O11S. The number of hydrogen-bond acceptors (Lipinski definition) is 14. The molecule has 0 atom stereocenters. The number of carbonyl (C=O) groups excluding carboxylic acids is 5. The Morgan fingerprint density at radius 1 is 0.643 bits per heavy atom. The van der Waals surface area contributed by atoms with Crippen molar-refractivity contribution < 1.29 is 79.7 Å². The number of aliphatic imine (C=N–C) groups is 1. The molecule has 0 heterocycles. The van der Waals surface area contributed by atoms with E-state index in [2.05, 4.69) is 36.9 Å². The van der Waals surface area contributed by atoms with E-state index in [1.807, 2.05) is 0 Å². The molecule has 26 heteroatoms. The number of anilines is 4. The van der Waals surface area contributed by atoms with Crippen LogP contribution in [0.15, 0.2) is 64.5 Å². The van der Waals surface area contributed by atoms with E-state index in [-0.39, 0.29) is 66.1 Å². The lowest BCUT2D eigenvalue weighted by molar-refractivity contribution is -0.138. The molecule has 19 nitrogen and oxygen atoms in total. The summed E-state index contributed by atoms with van der Waals surface area (Å²) in [5.41, 5.74) is -6.47. The predicted octanol–water partition coefficient (Wildman–Crippen LogP) is 10.9. The molecule has 0 spiro atoms. The van der Waals surface area contributed by atoms with Crippen LogP contribution in [0.1, 0.15) is 92.7 Å². The maximum absolute atomic E-state index is 14.4. The maximum Gasteiger partial charge on any atom is 0.416 e. The van der Waals surface area contributed by atoms with Gasteiger partial charge in [0.2, 0.25) is 11.9 Å². The summed E-state index contributed by atoms with van der Waals surface area (Å²) >= 11 is 0.879. The zero-order chi connectivity index (χ0) is 52.8. The average Bonchev–Trinajstić information content (AvgIpc) is 3.17. The Bertz CT molecular complexity index is 2320. The van der Waals surface area contributed by atoms with Gasteiger partial charge in [-0.2, -0.15) is 26.3 Å². The molecule has 0 saturated heterocycles. The Morgan fingerprint density at radius 2 is 1.16 bits per heavy atom. The van der Waals surface area contributed by atoms with Crippen molar-refractivity contribution in [2.45, 2.75) is 116 Å². The van der Waals surface area contributed by atoms with Crippen LogP contribution in [0.25, 0.3) is 0 Å². The van der Waals surface area contributed by atoms with Crippen LogP contribution in [-0.4, -0.2) is 82.2 Å². The summed E-state index contributed by atoms with van der Waals surface area (Å²) in [5.74, 6) is -1.53. The van der Waals surface area contributed by atoms with Crippen molar-refractivity contribution in [1.82, 2.24) is 16.0 Å². The number of alkyl halides is 6. The number of urea groups is 1. The van der Waals surface area contributed by atoms with Crippen molar-refractivity contribution in [3.63, 3.8) is 0 Å². The van der Waals surface area contributed by atoms with E-state index in [0.29, 0.717) is 24.3 Å². The quantitative estimate of drug-likeness (QED) is 0.0134. The normalized spacial score (nSPS) is 11.9. The fourth-order valence-corrected chi connectivity index (χ4v) is 6.35. The first-order valence-electron chi connectivity index (χ1n) is 21.1. The highest BCUT2D eigenvalue weighted by molar-refractivity contribution is 7.99. The van der Waals surface area contributed by atoms with E-state index in [0.717, 1.165) is 17.8 Å². The Labute approximate surface area is 403 Å². The number of guanidine groups is 1. The summed E-state index contributed by atoms with van der Waals surface area (Å²) in [7, 11) is 0. The largest absolute Gasteiger partial charge is 0.457 e. The number of amides is 6. The van der Waals surface area contributed by atoms with Crippen LogP contribution in [0.3, 0.4) is 0 Å². The first kappa shape index (κ1) is 57.6. The molecule has 3 aromatic carbocycles. The van der Waals surface area contributed by atoms with E-state index >= 15 is 0 Å². The summed E-state index contributed by atoms with van der Waals surface area (Å²) in [6, 6.07) is 7.21. The molecule has 0 bridgehead atoms. The molecule has 0 fully saturated rings. The second kappa shape index (κ2) is 24.2. The van der Waals surface area contributed by atoms with Crippen LogP contribution >= 0.6 is 11.8 Å². The second-order valence-electron chi connectivity index (χ2n) is 17.9. The van der Waals surface area contributed by atoms with Crippen molar-refractivity contribution in [1.29, 1.82) is 0 Å². The summed E-state index contributed by atoms with van der Waals surface area (Å²) in [4.78, 5) is 67.9. The van der Waals surface area contributed by atoms with Gasteiger partial charge in [0, 0.05) is 37.0 Å². The lowest BCUT2D eigenvalue weighted by Gasteiger charge is -2.22. The first-order valence-corrected chi connectivity index (χ1v) is 22.1. The minimum Gasteiger partial charge on any atom is -0.457 e. The van der Waals surface area contributed by atoms with Crippen LogP contribution in [0.4, 0.5) is 68.3 Å². The van der Waals surface area contributed by atoms with Crippen LogP contribution in [0.2, 0.25) is 0 Å². The SMILES string of the molecule is CC(C)(C)OC(=O)NCCSc1c(NC(=O)CCCCN=C(NC(=O)OC(C)(C)C)NC(=O)OC(C)(C)C)cc(C(F)(F)F)cc1NC(=O)Nc1ccc(Oc2cc(N(O)O)cc(C(F)(F)F)c2)cc1. The molecule has 8 N–H and O–H groups in total. The standard InChI is InChI=1S/C44H56F6N8O11S/c1-40(2,3)67-37(61)52-18-19-70-34-31(54-33(59)12-10-11-17-51-35(56-38(62)68-41(4,5)6)57-39(63)69-42(7,8)9)22-26(44(48,49)50)23-32(34)55-36(60)53-27-13-15-29(16-14-27)66-30-21-25(43(45,46)47)20-28(24-30)58(64)65/h13-16,20-24,64-65H,10-12,17-19H2,1-9H3,(H,52,61)(H,54,59)(H2,53,55,60)(H2,51,56,57,62,63). The number of nitrogens with one attached hydrogen (secondary N) is 6. The van der Waals surface area contributed by atoms with Crippen LogP contribution < -0.4 is 41.9 Å². The molecule has 386 valence electrons. The number of alkyl carbamates (subject to hydrolysis) is 3. The number of nitrogens with zero attached hydrogens (tertiary/aromatic N) is 2. The van der Waals surface area contributed by atoms with Gasteiger partial charge >= 0.3 is 36.7 Å². The minimum absolute atomic E-state index is 0.00223. The highest BCUT2D eigenvalue weighted by Gasteiger charge is 2.34. The Kier molecular flexibility index (Phi) is 20.0. The number of ether oxygens (including phenoxy) is 4. The molecule has 0 radical (unpaired) electrons. The molecule has 0 saturated carbocycles. The van der Waals surface area contributed by atoms with E-state index in [9.17, 15) is 60.7 Å². The first-order chi connectivity index (χ1) is 32.2. The molecule has 0 unspecified atom stereocenters. The van der Waals surface area contributed by atoms with Crippen molar-refractivity contribution in [3.8, 4) is 11.5 Å².